The highest BCUT2D eigenvalue weighted by atomic mass is 16.6. The zero-order valence-electron chi connectivity index (χ0n) is 12.9. The highest BCUT2D eigenvalue weighted by molar-refractivity contribution is 5.96. The van der Waals surface area contributed by atoms with E-state index in [0.717, 1.165) is 24.9 Å². The number of anilines is 1. The Morgan fingerprint density at radius 1 is 1.23 bits per heavy atom. The second-order valence-electron chi connectivity index (χ2n) is 5.56. The molecule has 0 aromatic heterocycles. The molecule has 1 aliphatic heterocycles. The van der Waals surface area contributed by atoms with E-state index < -0.39 is 5.97 Å². The summed E-state index contributed by atoms with van der Waals surface area (Å²) in [5.74, 6) is 0.751. The maximum Gasteiger partial charge on any atom is 0.340 e. The molecule has 1 aliphatic carbocycles. The summed E-state index contributed by atoms with van der Waals surface area (Å²) in [7, 11) is 2.96. The van der Waals surface area contributed by atoms with Gasteiger partial charge in [-0.15, -0.1) is 0 Å². The third-order valence-corrected chi connectivity index (χ3v) is 3.83. The van der Waals surface area contributed by atoms with Crippen LogP contribution < -0.4 is 14.8 Å². The van der Waals surface area contributed by atoms with Gasteiger partial charge in [0.1, 0.15) is 6.10 Å². The van der Waals surface area contributed by atoms with E-state index in [-0.39, 0.29) is 6.10 Å². The van der Waals surface area contributed by atoms with Crippen LogP contribution >= 0.6 is 0 Å². The molecule has 3 rings (SSSR count). The van der Waals surface area contributed by atoms with Gasteiger partial charge in [-0.1, -0.05) is 0 Å². The summed E-state index contributed by atoms with van der Waals surface area (Å²) >= 11 is 0. The molecule has 6 nitrogen and oxygen atoms in total. The number of ether oxygens (including phenoxy) is 4. The van der Waals surface area contributed by atoms with E-state index in [1.54, 1.807) is 19.2 Å². The van der Waals surface area contributed by atoms with Crippen LogP contribution in [0.5, 0.6) is 11.5 Å². The molecule has 0 amide bonds. The lowest BCUT2D eigenvalue weighted by atomic mass is 10.1. The monoisotopic (exact) mass is 307 g/mol. The number of carbonyl (C=O) groups excluding carboxylic acids is 1. The molecule has 6 heteroatoms. The molecule has 1 aromatic rings. The van der Waals surface area contributed by atoms with Crippen LogP contribution in [0.3, 0.4) is 0 Å². The number of carbonyl (C=O) groups is 1. The van der Waals surface area contributed by atoms with Gasteiger partial charge in [-0.25, -0.2) is 4.79 Å². The fourth-order valence-electron chi connectivity index (χ4n) is 2.44. The first-order chi connectivity index (χ1) is 10.7. The first kappa shape index (κ1) is 15.0. The zero-order chi connectivity index (χ0) is 15.5. The molecule has 1 atom stereocenters. The summed E-state index contributed by atoms with van der Waals surface area (Å²) in [5.41, 5.74) is 1.19. The predicted octanol–water partition coefficient (Wildman–Crippen LogP) is 2.22. The van der Waals surface area contributed by atoms with Crippen molar-refractivity contribution in [1.82, 2.24) is 0 Å². The molecule has 1 saturated heterocycles. The van der Waals surface area contributed by atoms with E-state index >= 15 is 0 Å². The van der Waals surface area contributed by atoms with Gasteiger partial charge in [0.15, 0.2) is 11.5 Å². The second kappa shape index (κ2) is 6.44. The molecule has 0 radical (unpaired) electrons. The van der Waals surface area contributed by atoms with Crippen LogP contribution in [0.4, 0.5) is 5.69 Å². The second-order valence-corrected chi connectivity index (χ2v) is 5.56. The highest BCUT2D eigenvalue weighted by Gasteiger charge is 2.26. The molecule has 120 valence electrons. The number of hydrogen-bond acceptors (Lipinski definition) is 6. The third kappa shape index (κ3) is 3.27. The Balaban J connectivity index is 1.91. The molecule has 2 aliphatic rings. The fourth-order valence-corrected chi connectivity index (χ4v) is 2.44. The van der Waals surface area contributed by atoms with Crippen molar-refractivity contribution in [3.8, 4) is 11.5 Å². The molecule has 2 fully saturated rings. The quantitative estimate of drug-likeness (QED) is 0.813. The number of esters is 1. The van der Waals surface area contributed by atoms with Gasteiger partial charge >= 0.3 is 5.97 Å². The van der Waals surface area contributed by atoms with Crippen molar-refractivity contribution in [2.75, 3.05) is 32.8 Å². The Bertz CT molecular complexity index is 550. The van der Waals surface area contributed by atoms with Crippen molar-refractivity contribution in [2.24, 2.45) is 0 Å². The minimum absolute atomic E-state index is 0.0124. The van der Waals surface area contributed by atoms with Crippen molar-refractivity contribution >= 4 is 11.7 Å². The maximum absolute atomic E-state index is 12.0. The molecule has 0 bridgehead atoms. The van der Waals surface area contributed by atoms with Crippen molar-refractivity contribution in [3.63, 3.8) is 0 Å². The van der Waals surface area contributed by atoms with Crippen molar-refractivity contribution in [1.29, 1.82) is 0 Å². The Hall–Kier alpha value is -1.95. The number of hydrogen-bond donors (Lipinski definition) is 1. The first-order valence-corrected chi connectivity index (χ1v) is 7.52. The van der Waals surface area contributed by atoms with Gasteiger partial charge in [-0.3, -0.25) is 0 Å². The fraction of sp³-hybridized carbons (Fsp3) is 0.562. The largest absolute Gasteiger partial charge is 0.493 e. The third-order valence-electron chi connectivity index (χ3n) is 3.83. The molecule has 0 spiro atoms. The van der Waals surface area contributed by atoms with E-state index in [2.05, 4.69) is 5.32 Å². The van der Waals surface area contributed by atoms with Crippen LogP contribution in [0.2, 0.25) is 0 Å². The topological polar surface area (TPSA) is 66.0 Å². The first-order valence-electron chi connectivity index (χ1n) is 7.52. The minimum Gasteiger partial charge on any atom is -0.493 e. The summed E-state index contributed by atoms with van der Waals surface area (Å²) in [5, 5.41) is 3.33. The van der Waals surface area contributed by atoms with Crippen LogP contribution in [0.1, 0.15) is 29.6 Å². The van der Waals surface area contributed by atoms with Crippen LogP contribution in [-0.4, -0.2) is 45.5 Å². The van der Waals surface area contributed by atoms with Crippen molar-refractivity contribution < 1.29 is 23.7 Å². The van der Waals surface area contributed by atoms with Crippen molar-refractivity contribution in [2.45, 2.75) is 31.4 Å². The highest BCUT2D eigenvalue weighted by Crippen LogP contribution is 2.37. The summed E-state index contributed by atoms with van der Waals surface area (Å²) in [6, 6.07) is 3.91. The smallest absolute Gasteiger partial charge is 0.340 e. The zero-order valence-corrected chi connectivity index (χ0v) is 12.9. The number of nitrogens with one attached hydrogen (secondary N) is 1. The van der Waals surface area contributed by atoms with Gasteiger partial charge in [-0.05, 0) is 12.8 Å². The van der Waals surface area contributed by atoms with Crippen LogP contribution in [0, 0.1) is 0 Å². The van der Waals surface area contributed by atoms with Gasteiger partial charge in [0.2, 0.25) is 0 Å². The molecule has 1 aromatic carbocycles. The molecular formula is C16H21NO5. The lowest BCUT2D eigenvalue weighted by Crippen LogP contribution is -2.17. The Morgan fingerprint density at radius 2 is 2.05 bits per heavy atom. The molecular weight excluding hydrogens is 286 g/mol. The molecule has 22 heavy (non-hydrogen) atoms. The lowest BCUT2D eigenvalue weighted by molar-refractivity contribution is 0.0601. The SMILES string of the molecule is COC(=O)c1cc(OC2CCOC2)c(OC)cc1NC1CC1. The molecule has 1 heterocycles. The van der Waals surface area contributed by atoms with Crippen LogP contribution in [0.25, 0.3) is 0 Å². The van der Waals surface area contributed by atoms with E-state index in [0.29, 0.717) is 36.3 Å². The van der Waals surface area contributed by atoms with Gasteiger partial charge < -0.3 is 24.3 Å². The average molecular weight is 307 g/mol. The Kier molecular flexibility index (Phi) is 4.38. The van der Waals surface area contributed by atoms with E-state index in [9.17, 15) is 4.79 Å². The molecule has 1 N–H and O–H groups in total. The Labute approximate surface area is 129 Å². The van der Waals surface area contributed by atoms with Gasteiger partial charge in [0.25, 0.3) is 0 Å². The predicted molar refractivity (Wildman–Crippen MR) is 80.8 cm³/mol. The Morgan fingerprint density at radius 3 is 2.64 bits per heavy atom. The van der Waals surface area contributed by atoms with E-state index in [1.807, 2.05) is 0 Å². The molecule has 1 saturated carbocycles. The average Bonchev–Trinajstić information content (AvgIpc) is 3.20. The lowest BCUT2D eigenvalue weighted by Gasteiger charge is -2.18. The number of rotatable bonds is 6. The maximum atomic E-state index is 12.0. The normalized spacial score (nSPS) is 20.5. The summed E-state index contributed by atoms with van der Waals surface area (Å²) in [4.78, 5) is 12.0. The standard InChI is InChI=1S/C16H21NO5/c1-19-14-8-13(17-10-3-4-10)12(16(18)20-2)7-15(14)22-11-5-6-21-9-11/h7-8,10-11,17H,3-6,9H2,1-2H3. The number of methoxy groups -OCH3 is 2. The van der Waals surface area contributed by atoms with Gasteiger partial charge in [0.05, 0.1) is 38.7 Å². The van der Waals surface area contributed by atoms with Crippen LogP contribution in [-0.2, 0) is 9.47 Å². The van der Waals surface area contributed by atoms with Gasteiger partial charge in [0, 0.05) is 24.6 Å². The van der Waals surface area contributed by atoms with E-state index in [4.69, 9.17) is 18.9 Å². The number of benzene rings is 1. The summed E-state index contributed by atoms with van der Waals surface area (Å²) in [6.45, 7) is 1.25. The van der Waals surface area contributed by atoms with Crippen LogP contribution in [0.15, 0.2) is 12.1 Å². The molecule has 1 unspecified atom stereocenters. The summed E-state index contributed by atoms with van der Waals surface area (Å²) < 4.78 is 21.5. The minimum atomic E-state index is -0.390. The van der Waals surface area contributed by atoms with Crippen molar-refractivity contribution in [3.05, 3.63) is 17.7 Å². The van der Waals surface area contributed by atoms with E-state index in [1.165, 1.54) is 7.11 Å². The summed E-state index contributed by atoms with van der Waals surface area (Å²) in [6.07, 6.45) is 3.04. The van der Waals surface area contributed by atoms with Gasteiger partial charge in [-0.2, -0.15) is 0 Å².